The molecule has 4 heteroatoms. The maximum Gasteiger partial charge on any atom is 0.254 e. The van der Waals surface area contributed by atoms with Crippen LogP contribution < -0.4 is 5.32 Å². The smallest absolute Gasteiger partial charge is 0.254 e. The number of hydrogen-bond acceptors (Lipinski definition) is 3. The van der Waals surface area contributed by atoms with Gasteiger partial charge < -0.3 is 10.2 Å². The lowest BCUT2D eigenvalue weighted by Gasteiger charge is -2.32. The van der Waals surface area contributed by atoms with Gasteiger partial charge in [-0.2, -0.15) is 0 Å². The van der Waals surface area contributed by atoms with Crippen LogP contribution in [0, 0.1) is 5.92 Å². The summed E-state index contributed by atoms with van der Waals surface area (Å²) in [4.78, 5) is 19.2. The molecule has 0 saturated heterocycles. The zero-order valence-corrected chi connectivity index (χ0v) is 13.5. The van der Waals surface area contributed by atoms with E-state index in [1.54, 1.807) is 0 Å². The minimum absolute atomic E-state index is 0.139. The van der Waals surface area contributed by atoms with E-state index in [0.29, 0.717) is 5.92 Å². The quantitative estimate of drug-likeness (QED) is 0.837. The van der Waals surface area contributed by atoms with Crippen molar-refractivity contribution in [2.45, 2.75) is 46.5 Å². The highest BCUT2D eigenvalue weighted by atomic mass is 16.2. The Balaban J connectivity index is 2.16. The lowest BCUT2D eigenvalue weighted by molar-refractivity contribution is 0.0706. The summed E-state index contributed by atoms with van der Waals surface area (Å²) in [5.41, 5.74) is 1.73. The second-order valence-corrected chi connectivity index (χ2v) is 5.76. The molecule has 4 nitrogen and oxygen atoms in total. The molecule has 1 saturated carbocycles. The van der Waals surface area contributed by atoms with Crippen molar-refractivity contribution in [2.75, 3.05) is 25.0 Å². The third kappa shape index (κ3) is 3.96. The number of carbonyl (C=O) groups excluding carboxylic acids is 1. The molecule has 0 aromatic carbocycles. The van der Waals surface area contributed by atoms with E-state index in [0.717, 1.165) is 43.1 Å². The predicted molar refractivity (Wildman–Crippen MR) is 86.7 cm³/mol. The Kier molecular flexibility index (Phi) is 5.59. The van der Waals surface area contributed by atoms with Crippen LogP contribution >= 0.6 is 0 Å². The maximum absolute atomic E-state index is 12.7. The molecule has 1 aromatic heterocycles. The Morgan fingerprint density at radius 2 is 2.10 bits per heavy atom. The fourth-order valence-electron chi connectivity index (χ4n) is 2.69. The Bertz CT molecular complexity index is 483. The average molecular weight is 289 g/mol. The molecule has 1 N–H and O–H groups in total. The molecule has 1 aliphatic carbocycles. The lowest BCUT2D eigenvalue weighted by atomic mass is 9.85. The fraction of sp³-hybridized carbons (Fsp3) is 0.647. The van der Waals surface area contributed by atoms with Gasteiger partial charge in [0.2, 0.25) is 0 Å². The molecule has 1 amide bonds. The van der Waals surface area contributed by atoms with Crippen LogP contribution in [0.25, 0.3) is 0 Å². The molecule has 0 bridgehead atoms. The first-order valence-corrected chi connectivity index (χ1v) is 8.22. The molecule has 1 heterocycles. The van der Waals surface area contributed by atoms with Crippen LogP contribution in [0.4, 0.5) is 5.82 Å². The molecule has 1 fully saturated rings. The summed E-state index contributed by atoms with van der Waals surface area (Å²) in [5.74, 6) is 1.65. The van der Waals surface area contributed by atoms with Crippen molar-refractivity contribution in [3.8, 4) is 0 Å². The van der Waals surface area contributed by atoms with E-state index in [1.807, 2.05) is 24.0 Å². The third-order valence-corrected chi connectivity index (χ3v) is 4.22. The number of aryl methyl sites for hydroxylation is 1. The number of rotatable bonds is 7. The minimum Gasteiger partial charge on any atom is -0.370 e. The van der Waals surface area contributed by atoms with E-state index in [-0.39, 0.29) is 5.91 Å². The fourth-order valence-corrected chi connectivity index (χ4v) is 2.69. The van der Waals surface area contributed by atoms with Crippen LogP contribution in [-0.2, 0) is 6.42 Å². The standard InChI is InChI=1S/C17H27N3O/c1-4-15-10-14(11-16(19-15)18-5-2)17(21)20(6-3)12-13-8-7-9-13/h10-11,13H,4-9,12H2,1-3H3,(H,18,19). The topological polar surface area (TPSA) is 45.2 Å². The van der Waals surface area contributed by atoms with E-state index < -0.39 is 0 Å². The Morgan fingerprint density at radius 3 is 2.62 bits per heavy atom. The molecular weight excluding hydrogens is 262 g/mol. The van der Waals surface area contributed by atoms with E-state index in [2.05, 4.69) is 24.1 Å². The van der Waals surface area contributed by atoms with Gasteiger partial charge in [0, 0.05) is 30.9 Å². The van der Waals surface area contributed by atoms with Gasteiger partial charge in [0.1, 0.15) is 5.82 Å². The lowest BCUT2D eigenvalue weighted by Crippen LogP contribution is -2.37. The molecule has 0 spiro atoms. The highest BCUT2D eigenvalue weighted by molar-refractivity contribution is 5.95. The van der Waals surface area contributed by atoms with Crippen LogP contribution in [-0.4, -0.2) is 35.4 Å². The molecule has 2 rings (SSSR count). The second kappa shape index (κ2) is 7.43. The summed E-state index contributed by atoms with van der Waals surface area (Å²) in [7, 11) is 0. The number of nitrogens with zero attached hydrogens (tertiary/aromatic N) is 2. The molecule has 1 aliphatic rings. The zero-order valence-electron chi connectivity index (χ0n) is 13.5. The van der Waals surface area contributed by atoms with Crippen LogP contribution in [0.1, 0.15) is 56.1 Å². The van der Waals surface area contributed by atoms with E-state index in [1.165, 1.54) is 19.3 Å². The zero-order chi connectivity index (χ0) is 15.2. The summed E-state index contributed by atoms with van der Waals surface area (Å²) >= 11 is 0. The Labute approximate surface area is 127 Å². The summed E-state index contributed by atoms with van der Waals surface area (Å²) < 4.78 is 0. The normalized spacial score (nSPS) is 14.6. The van der Waals surface area contributed by atoms with E-state index in [4.69, 9.17) is 0 Å². The third-order valence-electron chi connectivity index (χ3n) is 4.22. The molecule has 0 radical (unpaired) electrons. The molecule has 0 atom stereocenters. The van der Waals surface area contributed by atoms with Gasteiger partial charge in [0.05, 0.1) is 0 Å². The van der Waals surface area contributed by atoms with Crippen molar-refractivity contribution < 1.29 is 4.79 Å². The number of pyridine rings is 1. The first-order chi connectivity index (χ1) is 10.2. The largest absolute Gasteiger partial charge is 0.370 e. The maximum atomic E-state index is 12.7. The summed E-state index contributed by atoms with van der Waals surface area (Å²) in [5, 5.41) is 3.22. The van der Waals surface area contributed by atoms with Gasteiger partial charge in [-0.1, -0.05) is 13.3 Å². The van der Waals surface area contributed by atoms with Gasteiger partial charge >= 0.3 is 0 Å². The monoisotopic (exact) mass is 289 g/mol. The van der Waals surface area contributed by atoms with Gasteiger partial charge in [0.15, 0.2) is 0 Å². The Hall–Kier alpha value is -1.58. The van der Waals surface area contributed by atoms with Crippen LogP contribution in [0.2, 0.25) is 0 Å². The van der Waals surface area contributed by atoms with Crippen molar-refractivity contribution in [2.24, 2.45) is 5.92 Å². The number of amides is 1. The van der Waals surface area contributed by atoms with Gasteiger partial charge in [-0.05, 0) is 51.2 Å². The highest BCUT2D eigenvalue weighted by Gasteiger charge is 2.23. The van der Waals surface area contributed by atoms with Crippen molar-refractivity contribution in [1.29, 1.82) is 0 Å². The summed E-state index contributed by atoms with van der Waals surface area (Å²) in [6.45, 7) is 8.65. The van der Waals surface area contributed by atoms with Gasteiger partial charge in [-0.25, -0.2) is 4.98 Å². The van der Waals surface area contributed by atoms with Crippen molar-refractivity contribution in [1.82, 2.24) is 9.88 Å². The second-order valence-electron chi connectivity index (χ2n) is 5.76. The number of anilines is 1. The van der Waals surface area contributed by atoms with Crippen molar-refractivity contribution in [3.63, 3.8) is 0 Å². The predicted octanol–water partition coefficient (Wildman–Crippen LogP) is 3.34. The van der Waals surface area contributed by atoms with Gasteiger partial charge in [-0.3, -0.25) is 4.79 Å². The number of hydrogen-bond donors (Lipinski definition) is 1. The molecule has 116 valence electrons. The molecule has 0 aliphatic heterocycles. The number of aromatic nitrogens is 1. The molecule has 0 unspecified atom stereocenters. The molecule has 21 heavy (non-hydrogen) atoms. The van der Waals surface area contributed by atoms with Crippen molar-refractivity contribution >= 4 is 11.7 Å². The number of carbonyl (C=O) groups is 1. The average Bonchev–Trinajstić information content (AvgIpc) is 2.45. The van der Waals surface area contributed by atoms with Gasteiger partial charge in [0.25, 0.3) is 5.91 Å². The van der Waals surface area contributed by atoms with E-state index >= 15 is 0 Å². The van der Waals surface area contributed by atoms with E-state index in [9.17, 15) is 4.79 Å². The molecule has 1 aromatic rings. The number of nitrogens with one attached hydrogen (secondary N) is 1. The van der Waals surface area contributed by atoms with Crippen LogP contribution in [0.15, 0.2) is 12.1 Å². The molecular formula is C17H27N3O. The summed E-state index contributed by atoms with van der Waals surface area (Å²) in [6.07, 6.45) is 4.69. The summed E-state index contributed by atoms with van der Waals surface area (Å²) in [6, 6.07) is 3.82. The van der Waals surface area contributed by atoms with Crippen molar-refractivity contribution in [3.05, 3.63) is 23.4 Å². The van der Waals surface area contributed by atoms with Gasteiger partial charge in [-0.15, -0.1) is 0 Å². The van der Waals surface area contributed by atoms with Crippen LogP contribution in [0.5, 0.6) is 0 Å². The first-order valence-electron chi connectivity index (χ1n) is 8.22. The van der Waals surface area contributed by atoms with Crippen LogP contribution in [0.3, 0.4) is 0 Å². The minimum atomic E-state index is 0.139. The highest BCUT2D eigenvalue weighted by Crippen LogP contribution is 2.27. The Morgan fingerprint density at radius 1 is 1.33 bits per heavy atom. The SMILES string of the molecule is CCNc1cc(C(=O)N(CC)CC2CCC2)cc(CC)n1. The first kappa shape index (κ1) is 15.8.